The molecule has 4 heteroatoms. The van der Waals surface area contributed by atoms with Crippen LogP contribution in [0.25, 0.3) is 0 Å². The zero-order valence-electron chi connectivity index (χ0n) is 9.75. The molecule has 0 aromatic carbocycles. The van der Waals surface area contributed by atoms with Crippen LogP contribution < -0.4 is 4.90 Å². The fourth-order valence-electron chi connectivity index (χ4n) is 2.07. The van der Waals surface area contributed by atoms with Crippen molar-refractivity contribution in [1.29, 1.82) is 0 Å². The monoisotopic (exact) mass is 239 g/mol. The van der Waals surface area contributed by atoms with Gasteiger partial charge in [0.15, 0.2) is 0 Å². The van der Waals surface area contributed by atoms with E-state index in [2.05, 4.69) is 21.8 Å². The Kier molecular flexibility index (Phi) is 3.99. The third kappa shape index (κ3) is 2.85. The minimum Gasteiger partial charge on any atom is -0.356 e. The number of nitrogens with zero attached hydrogens (tertiary/aromatic N) is 3. The Labute approximate surface area is 102 Å². The second-order valence-corrected chi connectivity index (χ2v) is 4.65. The molecule has 1 fully saturated rings. The van der Waals surface area contributed by atoms with E-state index in [1.54, 1.807) is 0 Å². The summed E-state index contributed by atoms with van der Waals surface area (Å²) in [7, 11) is 0. The van der Waals surface area contributed by atoms with Gasteiger partial charge in [0.1, 0.15) is 16.8 Å². The number of hydrogen-bond acceptors (Lipinski definition) is 3. The minimum atomic E-state index is 0.569. The van der Waals surface area contributed by atoms with E-state index in [0.29, 0.717) is 5.15 Å². The van der Waals surface area contributed by atoms with Crippen molar-refractivity contribution in [3.8, 4) is 0 Å². The zero-order chi connectivity index (χ0) is 11.4. The summed E-state index contributed by atoms with van der Waals surface area (Å²) in [5.41, 5.74) is 0. The Hall–Kier alpha value is -0.830. The number of hydrogen-bond donors (Lipinski definition) is 0. The highest BCUT2D eigenvalue weighted by Gasteiger charge is 2.13. The summed E-state index contributed by atoms with van der Waals surface area (Å²) in [6.07, 6.45) is 5.80. The Balaban J connectivity index is 2.18. The van der Waals surface area contributed by atoms with E-state index in [4.69, 9.17) is 11.6 Å². The van der Waals surface area contributed by atoms with Crippen molar-refractivity contribution in [3.05, 3.63) is 17.0 Å². The van der Waals surface area contributed by atoms with Gasteiger partial charge in [-0.3, -0.25) is 0 Å². The standard InChI is InChI=1S/C12H18ClN3/c1-2-6-11-14-10(13)9-12(15-11)16-7-4-3-5-8-16/h9H,2-8H2,1H3. The third-order valence-corrected chi connectivity index (χ3v) is 3.07. The molecule has 2 heterocycles. The van der Waals surface area contributed by atoms with Gasteiger partial charge in [-0.15, -0.1) is 0 Å². The second kappa shape index (κ2) is 5.48. The molecule has 0 atom stereocenters. The van der Waals surface area contributed by atoms with Gasteiger partial charge in [-0.25, -0.2) is 9.97 Å². The summed E-state index contributed by atoms with van der Waals surface area (Å²) in [6.45, 7) is 4.32. The van der Waals surface area contributed by atoms with E-state index in [1.807, 2.05) is 6.07 Å². The van der Waals surface area contributed by atoms with Crippen LogP contribution in [0.4, 0.5) is 5.82 Å². The van der Waals surface area contributed by atoms with Gasteiger partial charge < -0.3 is 4.90 Å². The van der Waals surface area contributed by atoms with E-state index in [0.717, 1.165) is 37.6 Å². The quantitative estimate of drug-likeness (QED) is 0.760. The van der Waals surface area contributed by atoms with Crippen LogP contribution >= 0.6 is 11.6 Å². The van der Waals surface area contributed by atoms with Crippen molar-refractivity contribution in [1.82, 2.24) is 9.97 Å². The highest BCUT2D eigenvalue weighted by Crippen LogP contribution is 2.20. The Bertz CT molecular complexity index is 348. The molecular formula is C12H18ClN3. The lowest BCUT2D eigenvalue weighted by Gasteiger charge is -2.27. The molecule has 0 amide bonds. The molecule has 1 aromatic rings. The molecule has 16 heavy (non-hydrogen) atoms. The first kappa shape index (κ1) is 11.6. The van der Waals surface area contributed by atoms with Crippen LogP contribution in [-0.2, 0) is 6.42 Å². The number of aryl methyl sites for hydroxylation is 1. The van der Waals surface area contributed by atoms with Crippen LogP contribution in [0.2, 0.25) is 5.15 Å². The van der Waals surface area contributed by atoms with Gasteiger partial charge in [0, 0.05) is 25.6 Å². The van der Waals surface area contributed by atoms with Gasteiger partial charge in [0.2, 0.25) is 0 Å². The maximum absolute atomic E-state index is 6.03. The normalized spacial score (nSPS) is 16.5. The van der Waals surface area contributed by atoms with Crippen LogP contribution in [0.1, 0.15) is 38.4 Å². The lowest BCUT2D eigenvalue weighted by molar-refractivity contribution is 0.572. The summed E-state index contributed by atoms with van der Waals surface area (Å²) < 4.78 is 0. The Morgan fingerprint density at radius 2 is 2.00 bits per heavy atom. The SMILES string of the molecule is CCCc1nc(Cl)cc(N2CCCCC2)n1. The second-order valence-electron chi connectivity index (χ2n) is 4.26. The largest absolute Gasteiger partial charge is 0.356 e. The molecule has 0 bridgehead atoms. The van der Waals surface area contributed by atoms with Crippen LogP contribution in [0, 0.1) is 0 Å². The van der Waals surface area contributed by atoms with Crippen molar-refractivity contribution < 1.29 is 0 Å². The van der Waals surface area contributed by atoms with Gasteiger partial charge in [-0.05, 0) is 25.7 Å². The van der Waals surface area contributed by atoms with Crippen molar-refractivity contribution in [2.75, 3.05) is 18.0 Å². The lowest BCUT2D eigenvalue weighted by Crippen LogP contribution is -2.30. The predicted octanol–water partition coefficient (Wildman–Crippen LogP) is 3.07. The van der Waals surface area contributed by atoms with E-state index >= 15 is 0 Å². The zero-order valence-corrected chi connectivity index (χ0v) is 10.5. The third-order valence-electron chi connectivity index (χ3n) is 2.88. The fraction of sp³-hybridized carbons (Fsp3) is 0.667. The molecule has 0 spiro atoms. The number of halogens is 1. The number of rotatable bonds is 3. The highest BCUT2D eigenvalue weighted by atomic mass is 35.5. The van der Waals surface area contributed by atoms with Crippen LogP contribution in [0.3, 0.4) is 0 Å². The number of aromatic nitrogens is 2. The maximum Gasteiger partial charge on any atom is 0.134 e. The summed E-state index contributed by atoms with van der Waals surface area (Å²) in [4.78, 5) is 11.1. The smallest absolute Gasteiger partial charge is 0.134 e. The average Bonchev–Trinajstić information content (AvgIpc) is 2.30. The van der Waals surface area contributed by atoms with Crippen molar-refractivity contribution in [2.45, 2.75) is 39.0 Å². The van der Waals surface area contributed by atoms with Gasteiger partial charge in [0.05, 0.1) is 0 Å². The van der Waals surface area contributed by atoms with Crippen LogP contribution in [0.5, 0.6) is 0 Å². The van der Waals surface area contributed by atoms with Crippen molar-refractivity contribution >= 4 is 17.4 Å². The molecule has 1 aliphatic rings. The highest BCUT2D eigenvalue weighted by molar-refractivity contribution is 6.29. The average molecular weight is 240 g/mol. The van der Waals surface area contributed by atoms with Gasteiger partial charge in [-0.1, -0.05) is 18.5 Å². The van der Waals surface area contributed by atoms with E-state index in [1.165, 1.54) is 19.3 Å². The van der Waals surface area contributed by atoms with Crippen LogP contribution in [0.15, 0.2) is 6.07 Å². The molecule has 1 aromatic heterocycles. The molecule has 0 unspecified atom stereocenters. The summed E-state index contributed by atoms with van der Waals surface area (Å²) in [6, 6.07) is 1.88. The van der Waals surface area contributed by atoms with Gasteiger partial charge in [0.25, 0.3) is 0 Å². The molecule has 88 valence electrons. The lowest BCUT2D eigenvalue weighted by atomic mass is 10.1. The predicted molar refractivity (Wildman–Crippen MR) is 67.1 cm³/mol. The first-order valence-corrected chi connectivity index (χ1v) is 6.46. The Morgan fingerprint density at radius 3 is 2.69 bits per heavy atom. The maximum atomic E-state index is 6.03. The first-order chi connectivity index (χ1) is 7.79. The molecule has 1 saturated heterocycles. The van der Waals surface area contributed by atoms with Gasteiger partial charge >= 0.3 is 0 Å². The van der Waals surface area contributed by atoms with Crippen molar-refractivity contribution in [3.63, 3.8) is 0 Å². The molecule has 3 nitrogen and oxygen atoms in total. The minimum absolute atomic E-state index is 0.569. The molecule has 0 radical (unpaired) electrons. The van der Waals surface area contributed by atoms with Crippen LogP contribution in [-0.4, -0.2) is 23.1 Å². The van der Waals surface area contributed by atoms with E-state index in [-0.39, 0.29) is 0 Å². The summed E-state index contributed by atoms with van der Waals surface area (Å²) >= 11 is 6.03. The Morgan fingerprint density at radius 1 is 1.25 bits per heavy atom. The first-order valence-electron chi connectivity index (χ1n) is 6.08. The topological polar surface area (TPSA) is 29.0 Å². The molecule has 0 N–H and O–H groups in total. The molecular weight excluding hydrogens is 222 g/mol. The molecule has 0 aliphatic carbocycles. The number of anilines is 1. The van der Waals surface area contributed by atoms with E-state index < -0.39 is 0 Å². The van der Waals surface area contributed by atoms with Gasteiger partial charge in [-0.2, -0.15) is 0 Å². The molecule has 0 saturated carbocycles. The summed E-state index contributed by atoms with van der Waals surface area (Å²) in [5, 5.41) is 0.569. The fourth-order valence-corrected chi connectivity index (χ4v) is 2.27. The summed E-state index contributed by atoms with van der Waals surface area (Å²) in [5.74, 6) is 1.87. The number of piperidine rings is 1. The van der Waals surface area contributed by atoms with Crippen molar-refractivity contribution in [2.24, 2.45) is 0 Å². The molecule has 1 aliphatic heterocycles. The van der Waals surface area contributed by atoms with E-state index in [9.17, 15) is 0 Å². The molecule has 2 rings (SSSR count).